The van der Waals surface area contributed by atoms with Crippen LogP contribution in [-0.2, 0) is 9.53 Å². The van der Waals surface area contributed by atoms with Gasteiger partial charge in [-0.15, -0.1) is 0 Å². The molecule has 0 bridgehead atoms. The van der Waals surface area contributed by atoms with Gasteiger partial charge in [-0.3, -0.25) is 4.79 Å². The van der Waals surface area contributed by atoms with Crippen molar-refractivity contribution < 1.29 is 14.6 Å². The number of aliphatic hydroxyl groups is 1. The van der Waals surface area contributed by atoms with Crippen LogP contribution in [-0.4, -0.2) is 23.8 Å². The molecule has 0 saturated carbocycles. The van der Waals surface area contributed by atoms with Gasteiger partial charge in [0.25, 0.3) is 0 Å². The summed E-state index contributed by atoms with van der Waals surface area (Å²) < 4.78 is 5.07. The fourth-order valence-corrected chi connectivity index (χ4v) is 1.27. The molecular formula is C12H24O3. The summed E-state index contributed by atoms with van der Waals surface area (Å²) in [5, 5.41) is 9.23. The topological polar surface area (TPSA) is 46.5 Å². The third-order valence-corrected chi connectivity index (χ3v) is 2.45. The van der Waals surface area contributed by atoms with Crippen LogP contribution < -0.4 is 0 Å². The predicted molar refractivity (Wildman–Crippen MR) is 60.6 cm³/mol. The third kappa shape index (κ3) is 8.43. The van der Waals surface area contributed by atoms with Crippen LogP contribution in [0.5, 0.6) is 0 Å². The Labute approximate surface area is 92.8 Å². The minimum absolute atomic E-state index is 0.122. The predicted octanol–water partition coefficient (Wildman–Crippen LogP) is 2.52. The quantitative estimate of drug-likeness (QED) is 0.634. The van der Waals surface area contributed by atoms with Gasteiger partial charge in [0.1, 0.15) is 0 Å². The third-order valence-electron chi connectivity index (χ3n) is 2.45. The van der Waals surface area contributed by atoms with E-state index >= 15 is 0 Å². The summed E-state index contributed by atoms with van der Waals surface area (Å²) in [5.41, 5.74) is 0. The smallest absolute Gasteiger partial charge is 0.308 e. The molecule has 0 heterocycles. The van der Waals surface area contributed by atoms with Crippen LogP contribution >= 0.6 is 0 Å². The van der Waals surface area contributed by atoms with Crippen molar-refractivity contribution in [3.63, 3.8) is 0 Å². The van der Waals surface area contributed by atoms with Gasteiger partial charge in [0.15, 0.2) is 0 Å². The normalized spacial score (nSPS) is 14.7. The number of unbranched alkanes of at least 4 members (excludes halogenated alkanes) is 1. The summed E-state index contributed by atoms with van der Waals surface area (Å²) in [6.45, 7) is 6.56. The van der Waals surface area contributed by atoms with E-state index in [0.29, 0.717) is 18.9 Å². The number of aliphatic hydroxyl groups excluding tert-OH is 1. The average Bonchev–Trinajstić information content (AvgIpc) is 2.23. The van der Waals surface area contributed by atoms with Crippen molar-refractivity contribution in [2.24, 2.45) is 5.92 Å². The lowest BCUT2D eigenvalue weighted by atomic mass is 10.1. The van der Waals surface area contributed by atoms with Crippen LogP contribution in [0.3, 0.4) is 0 Å². The van der Waals surface area contributed by atoms with E-state index in [0.717, 1.165) is 6.42 Å². The number of carbonyl (C=O) groups excluding carboxylic acids is 1. The fraction of sp³-hybridized carbons (Fsp3) is 0.917. The highest BCUT2D eigenvalue weighted by Crippen LogP contribution is 2.08. The van der Waals surface area contributed by atoms with Gasteiger partial charge < -0.3 is 9.84 Å². The lowest BCUT2D eigenvalue weighted by molar-refractivity contribution is -0.147. The maximum Gasteiger partial charge on any atom is 0.308 e. The molecule has 0 aromatic rings. The molecule has 2 atom stereocenters. The second-order valence-corrected chi connectivity index (χ2v) is 4.20. The summed E-state index contributed by atoms with van der Waals surface area (Å²) in [5.74, 6) is 0.139. The van der Waals surface area contributed by atoms with Gasteiger partial charge >= 0.3 is 5.97 Å². The van der Waals surface area contributed by atoms with Crippen LogP contribution in [0.15, 0.2) is 0 Å². The first-order valence-electron chi connectivity index (χ1n) is 5.93. The van der Waals surface area contributed by atoms with Crippen molar-refractivity contribution in [1.29, 1.82) is 0 Å². The molecule has 0 amide bonds. The molecule has 0 aliphatic rings. The molecule has 0 aliphatic carbocycles. The van der Waals surface area contributed by atoms with Crippen molar-refractivity contribution >= 4 is 5.97 Å². The molecule has 0 aliphatic heterocycles. The molecule has 0 saturated heterocycles. The largest absolute Gasteiger partial charge is 0.465 e. The van der Waals surface area contributed by atoms with Gasteiger partial charge in [-0.2, -0.15) is 0 Å². The van der Waals surface area contributed by atoms with Crippen LogP contribution in [0, 0.1) is 5.92 Å². The van der Waals surface area contributed by atoms with Crippen LogP contribution in [0.2, 0.25) is 0 Å². The maximum atomic E-state index is 11.2. The van der Waals surface area contributed by atoms with E-state index in [1.165, 1.54) is 12.8 Å². The van der Waals surface area contributed by atoms with Crippen LogP contribution in [0.4, 0.5) is 0 Å². The Morgan fingerprint density at radius 3 is 2.60 bits per heavy atom. The SMILES string of the molecule is CCCCC(C)COC(=O)CC(O)CC. The minimum atomic E-state index is -0.552. The highest BCUT2D eigenvalue weighted by atomic mass is 16.5. The monoisotopic (exact) mass is 216 g/mol. The van der Waals surface area contributed by atoms with E-state index in [9.17, 15) is 9.90 Å². The molecular weight excluding hydrogens is 192 g/mol. The molecule has 0 aromatic carbocycles. The second kappa shape index (κ2) is 8.72. The number of ether oxygens (including phenoxy) is 1. The van der Waals surface area contributed by atoms with Crippen LogP contribution in [0.1, 0.15) is 52.9 Å². The zero-order valence-corrected chi connectivity index (χ0v) is 10.2. The molecule has 90 valence electrons. The standard InChI is InChI=1S/C12H24O3/c1-4-6-7-10(3)9-15-12(14)8-11(13)5-2/h10-11,13H,4-9H2,1-3H3. The summed E-state index contributed by atoms with van der Waals surface area (Å²) in [7, 11) is 0. The molecule has 2 unspecified atom stereocenters. The number of esters is 1. The summed E-state index contributed by atoms with van der Waals surface area (Å²) in [6.07, 6.45) is 3.62. The zero-order valence-electron chi connectivity index (χ0n) is 10.2. The molecule has 0 spiro atoms. The first kappa shape index (κ1) is 14.4. The molecule has 0 fully saturated rings. The van der Waals surface area contributed by atoms with E-state index < -0.39 is 6.10 Å². The van der Waals surface area contributed by atoms with E-state index in [2.05, 4.69) is 13.8 Å². The summed E-state index contributed by atoms with van der Waals surface area (Å²) in [6, 6.07) is 0. The van der Waals surface area contributed by atoms with Crippen LogP contribution in [0.25, 0.3) is 0 Å². The van der Waals surface area contributed by atoms with Gasteiger partial charge in [0, 0.05) is 0 Å². The Morgan fingerprint density at radius 1 is 1.40 bits per heavy atom. The molecule has 3 heteroatoms. The van der Waals surface area contributed by atoms with Crippen molar-refractivity contribution in [3.05, 3.63) is 0 Å². The van der Waals surface area contributed by atoms with Crippen molar-refractivity contribution in [2.45, 2.75) is 59.0 Å². The van der Waals surface area contributed by atoms with E-state index in [4.69, 9.17) is 4.74 Å². The van der Waals surface area contributed by atoms with Gasteiger partial charge in [-0.1, -0.05) is 33.6 Å². The van der Waals surface area contributed by atoms with Crippen molar-refractivity contribution in [3.8, 4) is 0 Å². The number of hydrogen-bond donors (Lipinski definition) is 1. The van der Waals surface area contributed by atoms with Crippen molar-refractivity contribution in [1.82, 2.24) is 0 Å². The zero-order chi connectivity index (χ0) is 11.7. The molecule has 0 radical (unpaired) electrons. The van der Waals surface area contributed by atoms with Crippen molar-refractivity contribution in [2.75, 3.05) is 6.61 Å². The highest BCUT2D eigenvalue weighted by molar-refractivity contribution is 5.69. The maximum absolute atomic E-state index is 11.2. The Bertz CT molecular complexity index is 168. The lowest BCUT2D eigenvalue weighted by Gasteiger charge is -2.12. The Morgan fingerprint density at radius 2 is 2.07 bits per heavy atom. The Kier molecular flexibility index (Phi) is 8.38. The van der Waals surface area contributed by atoms with Gasteiger partial charge in [-0.05, 0) is 18.8 Å². The fourth-order valence-electron chi connectivity index (χ4n) is 1.27. The van der Waals surface area contributed by atoms with E-state index in [1.807, 2.05) is 6.92 Å². The van der Waals surface area contributed by atoms with Gasteiger partial charge in [0.2, 0.25) is 0 Å². The molecule has 0 aromatic heterocycles. The summed E-state index contributed by atoms with van der Waals surface area (Å²) in [4.78, 5) is 11.2. The second-order valence-electron chi connectivity index (χ2n) is 4.20. The first-order chi connectivity index (χ1) is 7.10. The Hall–Kier alpha value is -0.570. The van der Waals surface area contributed by atoms with E-state index in [-0.39, 0.29) is 12.4 Å². The molecule has 0 rings (SSSR count). The molecule has 1 N–H and O–H groups in total. The summed E-state index contributed by atoms with van der Waals surface area (Å²) >= 11 is 0. The number of rotatable bonds is 8. The average molecular weight is 216 g/mol. The number of hydrogen-bond acceptors (Lipinski definition) is 3. The highest BCUT2D eigenvalue weighted by Gasteiger charge is 2.11. The number of carbonyl (C=O) groups is 1. The molecule has 15 heavy (non-hydrogen) atoms. The van der Waals surface area contributed by atoms with E-state index in [1.54, 1.807) is 0 Å². The minimum Gasteiger partial charge on any atom is -0.465 e. The van der Waals surface area contributed by atoms with Gasteiger partial charge in [0.05, 0.1) is 19.1 Å². The first-order valence-corrected chi connectivity index (χ1v) is 5.93. The Balaban J connectivity index is 3.52. The lowest BCUT2D eigenvalue weighted by Crippen LogP contribution is -2.17. The molecule has 3 nitrogen and oxygen atoms in total. The van der Waals surface area contributed by atoms with Gasteiger partial charge in [-0.25, -0.2) is 0 Å².